The highest BCUT2D eigenvalue weighted by Crippen LogP contribution is 2.47. The first-order valence-electron chi connectivity index (χ1n) is 7.12. The van der Waals surface area contributed by atoms with Gasteiger partial charge < -0.3 is 10.5 Å². The van der Waals surface area contributed by atoms with E-state index in [2.05, 4.69) is 17.5 Å². The zero-order valence-corrected chi connectivity index (χ0v) is 12.6. The van der Waals surface area contributed by atoms with Crippen molar-refractivity contribution in [3.05, 3.63) is 22.4 Å². The maximum atomic E-state index is 6.55. The lowest BCUT2D eigenvalue weighted by Gasteiger charge is -2.48. The Morgan fingerprint density at radius 2 is 2.26 bits per heavy atom. The van der Waals surface area contributed by atoms with Gasteiger partial charge in [0.2, 0.25) is 0 Å². The molecule has 0 bridgehead atoms. The molecule has 1 saturated carbocycles. The fourth-order valence-corrected chi connectivity index (χ4v) is 5.69. The predicted molar refractivity (Wildman–Crippen MR) is 81.9 cm³/mol. The van der Waals surface area contributed by atoms with E-state index in [4.69, 9.17) is 10.5 Å². The molecule has 1 spiro atoms. The Hall–Kier alpha value is -0.420. The van der Waals surface area contributed by atoms with Gasteiger partial charge in [-0.15, -0.1) is 22.7 Å². The first-order valence-corrected chi connectivity index (χ1v) is 8.82. The van der Waals surface area contributed by atoms with Crippen molar-refractivity contribution in [1.29, 1.82) is 0 Å². The first kappa shape index (κ1) is 12.3. The van der Waals surface area contributed by atoms with Crippen LogP contribution in [0.5, 0.6) is 0 Å². The quantitative estimate of drug-likeness (QED) is 0.895. The monoisotopic (exact) mass is 293 g/mol. The molecule has 2 unspecified atom stereocenters. The lowest BCUT2D eigenvalue weighted by molar-refractivity contribution is -0.146. The van der Waals surface area contributed by atoms with Crippen molar-refractivity contribution >= 4 is 32.1 Å². The van der Waals surface area contributed by atoms with Crippen molar-refractivity contribution in [3.8, 4) is 0 Å². The van der Waals surface area contributed by atoms with Gasteiger partial charge in [0.1, 0.15) is 0 Å². The van der Waals surface area contributed by atoms with Gasteiger partial charge in [0.15, 0.2) is 0 Å². The number of rotatable bonds is 2. The van der Waals surface area contributed by atoms with Crippen LogP contribution < -0.4 is 5.73 Å². The predicted octanol–water partition coefficient (Wildman–Crippen LogP) is 4.31. The van der Waals surface area contributed by atoms with Gasteiger partial charge in [0, 0.05) is 26.9 Å². The van der Waals surface area contributed by atoms with Gasteiger partial charge in [0.25, 0.3) is 0 Å². The van der Waals surface area contributed by atoms with Crippen molar-refractivity contribution in [1.82, 2.24) is 0 Å². The van der Waals surface area contributed by atoms with Gasteiger partial charge in [-0.25, -0.2) is 0 Å². The molecule has 0 aromatic carbocycles. The Labute approximate surface area is 121 Å². The highest BCUT2D eigenvalue weighted by molar-refractivity contribution is 7.26. The van der Waals surface area contributed by atoms with E-state index < -0.39 is 0 Å². The van der Waals surface area contributed by atoms with E-state index in [1.165, 1.54) is 40.0 Å². The molecule has 2 N–H and O–H groups in total. The maximum Gasteiger partial charge on any atom is 0.0686 e. The average molecular weight is 293 g/mol. The molecule has 2 aromatic heterocycles. The highest BCUT2D eigenvalue weighted by atomic mass is 32.1. The van der Waals surface area contributed by atoms with Crippen molar-refractivity contribution in [2.45, 2.75) is 43.7 Å². The molecule has 1 aliphatic carbocycles. The fraction of sp³-hybridized carbons (Fsp3) is 0.600. The Balaban J connectivity index is 1.55. The summed E-state index contributed by atoms with van der Waals surface area (Å²) in [7, 11) is 0. The minimum Gasteiger partial charge on any atom is -0.375 e. The van der Waals surface area contributed by atoms with Gasteiger partial charge in [-0.2, -0.15) is 0 Å². The van der Waals surface area contributed by atoms with Crippen LogP contribution in [0.1, 0.15) is 43.0 Å². The minimum atomic E-state index is 0.200. The van der Waals surface area contributed by atoms with Gasteiger partial charge >= 0.3 is 0 Å². The lowest BCUT2D eigenvalue weighted by atomic mass is 9.70. The summed E-state index contributed by atoms with van der Waals surface area (Å²) in [5.41, 5.74) is 6.76. The number of nitrogens with two attached hydrogens (primary N) is 1. The van der Waals surface area contributed by atoms with Crippen LogP contribution in [0.25, 0.3) is 9.40 Å². The van der Waals surface area contributed by atoms with E-state index in [-0.39, 0.29) is 11.6 Å². The van der Waals surface area contributed by atoms with Gasteiger partial charge in [-0.1, -0.05) is 0 Å². The van der Waals surface area contributed by atoms with Crippen LogP contribution in [-0.4, -0.2) is 12.2 Å². The molecular weight excluding hydrogens is 274 g/mol. The van der Waals surface area contributed by atoms with E-state index in [0.29, 0.717) is 5.92 Å². The van der Waals surface area contributed by atoms with Crippen LogP contribution in [0.3, 0.4) is 0 Å². The van der Waals surface area contributed by atoms with Crippen LogP contribution in [0.4, 0.5) is 0 Å². The molecule has 2 nitrogen and oxygen atoms in total. The summed E-state index contributed by atoms with van der Waals surface area (Å²) in [6.07, 6.45) is 6.11. The number of thiophene rings is 2. The Bertz CT molecular complexity index is 555. The summed E-state index contributed by atoms with van der Waals surface area (Å²) in [6.45, 7) is 0.901. The molecule has 19 heavy (non-hydrogen) atoms. The molecule has 2 aromatic rings. The van der Waals surface area contributed by atoms with Crippen molar-refractivity contribution in [3.63, 3.8) is 0 Å². The molecular formula is C15H19NOS2. The van der Waals surface area contributed by atoms with Crippen LogP contribution in [0.2, 0.25) is 0 Å². The molecule has 3 heterocycles. The third kappa shape index (κ3) is 2.05. The zero-order chi connectivity index (χ0) is 12.9. The largest absolute Gasteiger partial charge is 0.375 e. The summed E-state index contributed by atoms with van der Waals surface area (Å²) in [4.78, 5) is 1.36. The van der Waals surface area contributed by atoms with Gasteiger partial charge in [-0.05, 0) is 55.5 Å². The van der Waals surface area contributed by atoms with E-state index in [0.717, 1.165) is 13.0 Å². The summed E-state index contributed by atoms with van der Waals surface area (Å²) in [5.74, 6) is 0.599. The topological polar surface area (TPSA) is 35.2 Å². The summed E-state index contributed by atoms with van der Waals surface area (Å²) < 4.78 is 8.79. The zero-order valence-electron chi connectivity index (χ0n) is 10.9. The van der Waals surface area contributed by atoms with Gasteiger partial charge in [0.05, 0.1) is 5.60 Å². The second kappa shape index (κ2) is 4.55. The standard InChI is InChI=1S/C15H19NOS2/c16-14(13-8-12-11(19-13)3-7-18-12)10-2-6-17-15(9-10)4-1-5-15/h3,7-8,10,14H,1-2,4-6,9,16H2. The van der Waals surface area contributed by atoms with E-state index >= 15 is 0 Å². The first-order chi connectivity index (χ1) is 9.26. The molecule has 4 rings (SSSR count). The lowest BCUT2D eigenvalue weighted by Crippen LogP contribution is -2.47. The molecule has 1 saturated heterocycles. The average Bonchev–Trinajstić information content (AvgIpc) is 2.97. The smallest absolute Gasteiger partial charge is 0.0686 e. The SMILES string of the molecule is NC(c1cc2sccc2s1)C1CCOC2(CCC2)C1. The molecule has 102 valence electrons. The van der Waals surface area contributed by atoms with Crippen LogP contribution >= 0.6 is 22.7 Å². The molecule has 2 atom stereocenters. The van der Waals surface area contributed by atoms with Gasteiger partial charge in [-0.3, -0.25) is 0 Å². The molecule has 0 radical (unpaired) electrons. The fourth-order valence-electron chi connectivity index (χ4n) is 3.47. The normalized spacial score (nSPS) is 27.5. The summed E-state index contributed by atoms with van der Waals surface area (Å²) in [5, 5.41) is 2.16. The Morgan fingerprint density at radius 3 is 3.00 bits per heavy atom. The maximum absolute atomic E-state index is 6.55. The number of fused-ring (bicyclic) bond motifs is 1. The van der Waals surface area contributed by atoms with Crippen molar-refractivity contribution < 1.29 is 4.74 Å². The van der Waals surface area contributed by atoms with E-state index in [1.807, 2.05) is 22.7 Å². The molecule has 2 aliphatic rings. The number of hydrogen-bond donors (Lipinski definition) is 1. The molecule has 2 fully saturated rings. The Kier molecular flexibility index (Phi) is 2.95. The van der Waals surface area contributed by atoms with Crippen LogP contribution in [0, 0.1) is 5.92 Å². The van der Waals surface area contributed by atoms with Crippen molar-refractivity contribution in [2.75, 3.05) is 6.61 Å². The van der Waals surface area contributed by atoms with Crippen molar-refractivity contribution in [2.24, 2.45) is 11.7 Å². The number of ether oxygens (including phenoxy) is 1. The highest BCUT2D eigenvalue weighted by Gasteiger charge is 2.44. The minimum absolute atomic E-state index is 0.200. The third-order valence-electron chi connectivity index (χ3n) is 4.79. The van der Waals surface area contributed by atoms with Crippen LogP contribution in [0.15, 0.2) is 17.5 Å². The second-order valence-corrected chi connectivity index (χ2v) is 8.02. The summed E-state index contributed by atoms with van der Waals surface area (Å²) in [6, 6.07) is 4.71. The van der Waals surface area contributed by atoms with E-state index in [1.54, 1.807) is 0 Å². The number of hydrogen-bond acceptors (Lipinski definition) is 4. The summed E-state index contributed by atoms with van der Waals surface area (Å²) >= 11 is 3.69. The van der Waals surface area contributed by atoms with Crippen LogP contribution in [-0.2, 0) is 4.74 Å². The Morgan fingerprint density at radius 1 is 1.37 bits per heavy atom. The molecule has 4 heteroatoms. The molecule has 1 aliphatic heterocycles. The third-order valence-corrected chi connectivity index (χ3v) is 6.99. The van der Waals surface area contributed by atoms with E-state index in [9.17, 15) is 0 Å². The molecule has 0 amide bonds. The second-order valence-electron chi connectivity index (χ2n) is 5.96.